The molecule has 0 aliphatic heterocycles. The zero-order valence-corrected chi connectivity index (χ0v) is 8.87. The van der Waals surface area contributed by atoms with E-state index in [9.17, 15) is 4.79 Å². The minimum Gasteiger partial charge on any atom is -0.382 e. The van der Waals surface area contributed by atoms with Gasteiger partial charge in [0.05, 0.1) is 0 Å². The number of amides is 1. The van der Waals surface area contributed by atoms with Gasteiger partial charge >= 0.3 is 0 Å². The van der Waals surface area contributed by atoms with Gasteiger partial charge < -0.3 is 16.2 Å². The third-order valence-corrected chi connectivity index (χ3v) is 2.16. The molecule has 0 aliphatic rings. The van der Waals surface area contributed by atoms with E-state index in [0.717, 1.165) is 5.56 Å². The Balaban J connectivity index is 2.43. The van der Waals surface area contributed by atoms with Crippen molar-refractivity contribution in [3.63, 3.8) is 0 Å². The van der Waals surface area contributed by atoms with Gasteiger partial charge in [0.25, 0.3) is 0 Å². The number of carbonyl (C=O) groups excluding carboxylic acids is 1. The normalized spacial score (nSPS) is 12.2. The van der Waals surface area contributed by atoms with E-state index in [4.69, 9.17) is 22.4 Å². The number of benzene rings is 1. The third kappa shape index (κ3) is 3.87. The molecule has 1 atom stereocenters. The number of carbonyl (C=O) groups is 1. The van der Waals surface area contributed by atoms with E-state index in [1.54, 1.807) is 24.3 Å². The number of nitrogens with one attached hydrogen (secondary N) is 1. The van der Waals surface area contributed by atoms with E-state index in [0.29, 0.717) is 11.6 Å². The monoisotopic (exact) mass is 228 g/mol. The average Bonchev–Trinajstić information content (AvgIpc) is 2.26. The summed E-state index contributed by atoms with van der Waals surface area (Å²) >= 11 is 5.70. The number of aliphatic hydroxyl groups excluding tert-OH is 1. The summed E-state index contributed by atoms with van der Waals surface area (Å²) in [4.78, 5) is 11.1. The molecule has 0 spiro atoms. The molecule has 4 N–H and O–H groups in total. The van der Waals surface area contributed by atoms with Gasteiger partial charge in [-0.1, -0.05) is 23.7 Å². The minimum absolute atomic E-state index is 0.0769. The summed E-state index contributed by atoms with van der Waals surface area (Å²) in [6, 6.07) is 7.08. The SMILES string of the molecule is NCC(O)C(=O)NCc1ccc(Cl)cc1. The number of hydrogen-bond donors (Lipinski definition) is 3. The van der Waals surface area contributed by atoms with Gasteiger partial charge in [0.1, 0.15) is 6.10 Å². The number of hydrogen-bond acceptors (Lipinski definition) is 3. The number of halogens is 1. The van der Waals surface area contributed by atoms with Gasteiger partial charge in [0.2, 0.25) is 5.91 Å². The van der Waals surface area contributed by atoms with E-state index in [2.05, 4.69) is 5.32 Å². The highest BCUT2D eigenvalue weighted by molar-refractivity contribution is 6.30. The molecule has 1 rings (SSSR count). The van der Waals surface area contributed by atoms with Gasteiger partial charge in [-0.3, -0.25) is 4.79 Å². The molecule has 1 aromatic rings. The van der Waals surface area contributed by atoms with Gasteiger partial charge in [-0.15, -0.1) is 0 Å². The van der Waals surface area contributed by atoms with Crippen molar-refractivity contribution in [3.8, 4) is 0 Å². The molecule has 0 fully saturated rings. The molecule has 1 unspecified atom stereocenters. The van der Waals surface area contributed by atoms with Gasteiger partial charge in [0, 0.05) is 18.1 Å². The van der Waals surface area contributed by atoms with E-state index < -0.39 is 12.0 Å². The Hall–Kier alpha value is -1.10. The van der Waals surface area contributed by atoms with Crippen LogP contribution in [0.2, 0.25) is 5.02 Å². The Morgan fingerprint density at radius 1 is 1.47 bits per heavy atom. The largest absolute Gasteiger partial charge is 0.382 e. The summed E-state index contributed by atoms with van der Waals surface area (Å²) in [5.74, 6) is -0.465. The maximum atomic E-state index is 11.1. The molecule has 15 heavy (non-hydrogen) atoms. The molecular weight excluding hydrogens is 216 g/mol. The minimum atomic E-state index is -1.14. The summed E-state index contributed by atoms with van der Waals surface area (Å²) in [6.07, 6.45) is -1.14. The van der Waals surface area contributed by atoms with Crippen molar-refractivity contribution < 1.29 is 9.90 Å². The summed E-state index contributed by atoms with van der Waals surface area (Å²) in [7, 11) is 0. The van der Waals surface area contributed by atoms with Gasteiger partial charge in [-0.25, -0.2) is 0 Å². The first-order valence-corrected chi connectivity index (χ1v) is 4.91. The standard InChI is InChI=1S/C10H13ClN2O2/c11-8-3-1-7(2-4-8)6-13-10(15)9(14)5-12/h1-4,9,14H,5-6,12H2,(H,13,15). The Bertz CT molecular complexity index is 327. The Morgan fingerprint density at radius 3 is 2.60 bits per heavy atom. The molecule has 0 aliphatic carbocycles. The Kier molecular flexibility index (Phi) is 4.55. The van der Waals surface area contributed by atoms with Crippen LogP contribution in [-0.4, -0.2) is 23.7 Å². The molecule has 0 radical (unpaired) electrons. The van der Waals surface area contributed by atoms with Crippen molar-refractivity contribution in [2.45, 2.75) is 12.6 Å². The van der Waals surface area contributed by atoms with Crippen LogP contribution in [0.1, 0.15) is 5.56 Å². The van der Waals surface area contributed by atoms with Gasteiger partial charge in [-0.2, -0.15) is 0 Å². The smallest absolute Gasteiger partial charge is 0.250 e. The second kappa shape index (κ2) is 5.70. The first-order chi connectivity index (χ1) is 7.13. The van der Waals surface area contributed by atoms with Gasteiger partial charge in [0.15, 0.2) is 0 Å². The summed E-state index contributed by atoms with van der Waals surface area (Å²) in [5.41, 5.74) is 6.05. The summed E-state index contributed by atoms with van der Waals surface area (Å²) in [6.45, 7) is 0.277. The van der Waals surface area contributed by atoms with Crippen LogP contribution in [0, 0.1) is 0 Å². The lowest BCUT2D eigenvalue weighted by atomic mass is 10.2. The van der Waals surface area contributed by atoms with E-state index in [1.807, 2.05) is 0 Å². The molecule has 0 saturated heterocycles. The lowest BCUT2D eigenvalue weighted by molar-refractivity contribution is -0.128. The van der Waals surface area contributed by atoms with E-state index in [-0.39, 0.29) is 6.54 Å². The Morgan fingerprint density at radius 2 is 2.07 bits per heavy atom. The molecule has 82 valence electrons. The topological polar surface area (TPSA) is 75.3 Å². The van der Waals surface area contributed by atoms with Crippen LogP contribution in [0.3, 0.4) is 0 Å². The lowest BCUT2D eigenvalue weighted by Crippen LogP contribution is -2.38. The van der Waals surface area contributed by atoms with Crippen molar-refractivity contribution in [3.05, 3.63) is 34.9 Å². The van der Waals surface area contributed by atoms with Crippen molar-refractivity contribution in [2.24, 2.45) is 5.73 Å². The highest BCUT2D eigenvalue weighted by atomic mass is 35.5. The maximum absolute atomic E-state index is 11.1. The van der Waals surface area contributed by atoms with Crippen LogP contribution in [0.15, 0.2) is 24.3 Å². The predicted molar refractivity (Wildman–Crippen MR) is 58.4 cm³/mol. The van der Waals surface area contributed by atoms with Crippen LogP contribution < -0.4 is 11.1 Å². The molecule has 0 aromatic heterocycles. The van der Waals surface area contributed by atoms with Crippen LogP contribution >= 0.6 is 11.6 Å². The van der Waals surface area contributed by atoms with Crippen LogP contribution in [0.4, 0.5) is 0 Å². The number of nitrogens with two attached hydrogens (primary N) is 1. The molecular formula is C10H13ClN2O2. The summed E-state index contributed by atoms with van der Waals surface area (Å²) < 4.78 is 0. The summed E-state index contributed by atoms with van der Waals surface area (Å²) in [5, 5.41) is 12.3. The van der Waals surface area contributed by atoms with Gasteiger partial charge in [-0.05, 0) is 17.7 Å². The van der Waals surface area contributed by atoms with Crippen molar-refractivity contribution in [2.75, 3.05) is 6.54 Å². The van der Waals surface area contributed by atoms with Crippen molar-refractivity contribution in [1.82, 2.24) is 5.32 Å². The zero-order valence-electron chi connectivity index (χ0n) is 8.11. The first-order valence-electron chi connectivity index (χ1n) is 4.53. The number of aliphatic hydroxyl groups is 1. The molecule has 0 bridgehead atoms. The molecule has 1 amide bonds. The van der Waals surface area contributed by atoms with E-state index >= 15 is 0 Å². The fourth-order valence-electron chi connectivity index (χ4n) is 1.02. The fourth-order valence-corrected chi connectivity index (χ4v) is 1.14. The molecule has 5 heteroatoms. The molecule has 0 saturated carbocycles. The second-order valence-electron chi connectivity index (χ2n) is 3.10. The fraction of sp³-hybridized carbons (Fsp3) is 0.300. The number of rotatable bonds is 4. The quantitative estimate of drug-likeness (QED) is 0.693. The van der Waals surface area contributed by atoms with Crippen molar-refractivity contribution in [1.29, 1.82) is 0 Å². The lowest BCUT2D eigenvalue weighted by Gasteiger charge is -2.08. The first kappa shape index (κ1) is 12.0. The zero-order chi connectivity index (χ0) is 11.3. The third-order valence-electron chi connectivity index (χ3n) is 1.91. The second-order valence-corrected chi connectivity index (χ2v) is 3.53. The van der Waals surface area contributed by atoms with E-state index in [1.165, 1.54) is 0 Å². The van der Waals surface area contributed by atoms with Crippen LogP contribution in [-0.2, 0) is 11.3 Å². The van der Waals surface area contributed by atoms with Crippen molar-refractivity contribution >= 4 is 17.5 Å². The molecule has 0 heterocycles. The van der Waals surface area contributed by atoms with Crippen LogP contribution in [0.25, 0.3) is 0 Å². The van der Waals surface area contributed by atoms with Crippen LogP contribution in [0.5, 0.6) is 0 Å². The highest BCUT2D eigenvalue weighted by Gasteiger charge is 2.11. The Labute approximate surface area is 93.0 Å². The maximum Gasteiger partial charge on any atom is 0.250 e. The molecule has 4 nitrogen and oxygen atoms in total. The predicted octanol–water partition coefficient (Wildman–Crippen LogP) is 0.276. The highest BCUT2D eigenvalue weighted by Crippen LogP contribution is 2.08. The average molecular weight is 229 g/mol. The molecule has 1 aromatic carbocycles.